The third-order valence-electron chi connectivity index (χ3n) is 1.76. The summed E-state index contributed by atoms with van der Waals surface area (Å²) in [4.78, 5) is 0.955. The second-order valence-electron chi connectivity index (χ2n) is 2.65. The van der Waals surface area contributed by atoms with E-state index >= 15 is 0 Å². The fourth-order valence-corrected chi connectivity index (χ4v) is 2.04. The molecule has 2 aromatic heterocycles. The minimum absolute atomic E-state index is 0.621. The number of hydrogen-bond donors (Lipinski definition) is 1. The Bertz CT molecular complexity index is 389. The van der Waals surface area contributed by atoms with Crippen LogP contribution in [0.1, 0.15) is 11.5 Å². The van der Waals surface area contributed by atoms with Crippen LogP contribution in [-0.4, -0.2) is 21.1 Å². The van der Waals surface area contributed by atoms with E-state index in [4.69, 9.17) is 5.73 Å². The molecule has 0 unspecified atom stereocenters. The smallest absolute Gasteiger partial charge is 0.216 e. The van der Waals surface area contributed by atoms with Crippen LogP contribution in [0.15, 0.2) is 5.38 Å². The highest BCUT2D eigenvalue weighted by Crippen LogP contribution is 2.14. The number of aromatic nitrogens is 3. The number of aryl methyl sites for hydroxylation is 1. The average molecular weight is 182 g/mol. The van der Waals surface area contributed by atoms with E-state index in [0.29, 0.717) is 6.54 Å². The normalized spacial score (nSPS) is 11.2. The molecule has 0 saturated carbocycles. The maximum Gasteiger partial charge on any atom is 0.216 e. The molecule has 0 atom stereocenters. The Labute approximate surface area is 74.0 Å². The predicted molar refractivity (Wildman–Crippen MR) is 48.4 cm³/mol. The molecule has 2 heterocycles. The van der Waals surface area contributed by atoms with Crippen LogP contribution < -0.4 is 5.73 Å². The largest absolute Gasteiger partial charge is 0.330 e. The van der Waals surface area contributed by atoms with Gasteiger partial charge in [0.25, 0.3) is 0 Å². The zero-order valence-electron chi connectivity index (χ0n) is 6.82. The number of rotatable bonds is 2. The summed E-state index contributed by atoms with van der Waals surface area (Å²) in [6.45, 7) is 2.67. The molecule has 0 aliphatic heterocycles. The van der Waals surface area contributed by atoms with Crippen LogP contribution in [0.5, 0.6) is 0 Å². The molecule has 12 heavy (non-hydrogen) atoms. The van der Waals surface area contributed by atoms with Crippen molar-refractivity contribution in [3.8, 4) is 0 Å². The lowest BCUT2D eigenvalue weighted by atomic mass is 10.4. The summed E-state index contributed by atoms with van der Waals surface area (Å²) in [7, 11) is 0. The highest BCUT2D eigenvalue weighted by molar-refractivity contribution is 7.15. The first-order valence-corrected chi connectivity index (χ1v) is 4.69. The Hall–Kier alpha value is -0.940. The molecule has 0 aromatic carbocycles. The molecule has 0 radical (unpaired) electrons. The van der Waals surface area contributed by atoms with Gasteiger partial charge in [0.1, 0.15) is 5.82 Å². The van der Waals surface area contributed by atoms with E-state index < -0.39 is 0 Å². The van der Waals surface area contributed by atoms with Gasteiger partial charge in [0.05, 0.1) is 0 Å². The van der Waals surface area contributed by atoms with Gasteiger partial charge in [0.15, 0.2) is 0 Å². The first-order chi connectivity index (χ1) is 5.83. The van der Waals surface area contributed by atoms with Crippen LogP contribution in [-0.2, 0) is 6.42 Å². The fourth-order valence-electron chi connectivity index (χ4n) is 1.21. The Morgan fingerprint density at radius 2 is 2.42 bits per heavy atom. The van der Waals surface area contributed by atoms with Crippen molar-refractivity contribution in [2.24, 2.45) is 5.73 Å². The Morgan fingerprint density at radius 1 is 1.58 bits per heavy atom. The van der Waals surface area contributed by atoms with Crippen LogP contribution in [0.25, 0.3) is 4.96 Å². The van der Waals surface area contributed by atoms with Crippen molar-refractivity contribution in [2.45, 2.75) is 13.3 Å². The van der Waals surface area contributed by atoms with Crippen molar-refractivity contribution < 1.29 is 0 Å². The van der Waals surface area contributed by atoms with Crippen LogP contribution >= 0.6 is 11.3 Å². The van der Waals surface area contributed by atoms with Crippen LogP contribution in [0.4, 0.5) is 0 Å². The van der Waals surface area contributed by atoms with Crippen molar-refractivity contribution >= 4 is 16.3 Å². The lowest BCUT2D eigenvalue weighted by Crippen LogP contribution is -2.06. The predicted octanol–water partition coefficient (Wildman–Crippen LogP) is 0.600. The highest BCUT2D eigenvalue weighted by atomic mass is 32.1. The van der Waals surface area contributed by atoms with Crippen molar-refractivity contribution in [3.63, 3.8) is 0 Å². The van der Waals surface area contributed by atoms with E-state index in [1.807, 2.05) is 6.92 Å². The van der Waals surface area contributed by atoms with E-state index in [0.717, 1.165) is 17.2 Å². The highest BCUT2D eigenvalue weighted by Gasteiger charge is 2.07. The molecular weight excluding hydrogens is 172 g/mol. The van der Waals surface area contributed by atoms with Gasteiger partial charge in [-0.1, -0.05) is 0 Å². The minimum atomic E-state index is 0.621. The summed E-state index contributed by atoms with van der Waals surface area (Å²) in [6, 6.07) is 0. The number of nitrogens with zero attached hydrogens (tertiary/aromatic N) is 3. The lowest BCUT2D eigenvalue weighted by molar-refractivity contribution is 0.840. The molecule has 2 aromatic rings. The van der Waals surface area contributed by atoms with Gasteiger partial charge in [-0.2, -0.15) is 0 Å². The fraction of sp³-hybridized carbons (Fsp3) is 0.429. The van der Waals surface area contributed by atoms with E-state index in [9.17, 15) is 0 Å². The van der Waals surface area contributed by atoms with Gasteiger partial charge in [-0.15, -0.1) is 21.5 Å². The molecule has 4 nitrogen and oxygen atoms in total. The second-order valence-corrected chi connectivity index (χ2v) is 3.49. The van der Waals surface area contributed by atoms with Crippen molar-refractivity contribution in [3.05, 3.63) is 16.9 Å². The molecule has 0 fully saturated rings. The second kappa shape index (κ2) is 2.84. The standard InChI is InChI=1S/C7H10N4S/c1-5-4-12-7-10-9-6(2-3-8)11(5)7/h4H,2-3,8H2,1H3. The van der Waals surface area contributed by atoms with Crippen LogP contribution in [0.3, 0.4) is 0 Å². The van der Waals surface area contributed by atoms with Gasteiger partial charge in [-0.05, 0) is 13.5 Å². The summed E-state index contributed by atoms with van der Waals surface area (Å²) in [5.74, 6) is 0.964. The van der Waals surface area contributed by atoms with E-state index in [2.05, 4.69) is 20.0 Å². The topological polar surface area (TPSA) is 56.2 Å². The summed E-state index contributed by atoms with van der Waals surface area (Å²) >= 11 is 1.61. The van der Waals surface area contributed by atoms with Crippen molar-refractivity contribution in [2.75, 3.05) is 6.54 Å². The van der Waals surface area contributed by atoms with Gasteiger partial charge in [0.2, 0.25) is 4.96 Å². The molecule has 0 bridgehead atoms. The molecule has 2 rings (SSSR count). The SMILES string of the molecule is Cc1csc2nnc(CCN)n12. The van der Waals surface area contributed by atoms with E-state index in [-0.39, 0.29) is 0 Å². The van der Waals surface area contributed by atoms with Crippen molar-refractivity contribution in [1.29, 1.82) is 0 Å². The number of hydrogen-bond acceptors (Lipinski definition) is 4. The third kappa shape index (κ3) is 1.02. The Balaban J connectivity index is 2.59. The zero-order valence-corrected chi connectivity index (χ0v) is 7.64. The van der Waals surface area contributed by atoms with Crippen molar-refractivity contribution in [1.82, 2.24) is 14.6 Å². The molecule has 5 heteroatoms. The minimum Gasteiger partial charge on any atom is -0.330 e. The van der Waals surface area contributed by atoms with E-state index in [1.165, 1.54) is 5.69 Å². The first-order valence-electron chi connectivity index (χ1n) is 3.81. The molecule has 0 amide bonds. The van der Waals surface area contributed by atoms with Crippen LogP contribution in [0.2, 0.25) is 0 Å². The van der Waals surface area contributed by atoms with Gasteiger partial charge in [0, 0.05) is 17.5 Å². The number of nitrogens with two attached hydrogens (primary N) is 1. The first kappa shape index (κ1) is 7.70. The summed E-state index contributed by atoms with van der Waals surface area (Å²) in [5, 5.41) is 10.2. The maximum absolute atomic E-state index is 5.45. The molecule has 0 saturated heterocycles. The molecular formula is C7H10N4S. The maximum atomic E-state index is 5.45. The van der Waals surface area contributed by atoms with E-state index in [1.54, 1.807) is 11.3 Å². The van der Waals surface area contributed by atoms with Gasteiger partial charge in [-0.25, -0.2) is 0 Å². The van der Waals surface area contributed by atoms with Crippen LogP contribution in [0, 0.1) is 6.92 Å². The summed E-state index contributed by atoms with van der Waals surface area (Å²) in [5.41, 5.74) is 6.64. The van der Waals surface area contributed by atoms with Gasteiger partial charge < -0.3 is 5.73 Å². The lowest BCUT2D eigenvalue weighted by Gasteiger charge is -1.94. The number of thiazole rings is 1. The third-order valence-corrected chi connectivity index (χ3v) is 2.69. The van der Waals surface area contributed by atoms with Gasteiger partial charge in [-0.3, -0.25) is 4.40 Å². The molecule has 0 aliphatic rings. The number of fused-ring (bicyclic) bond motifs is 1. The monoisotopic (exact) mass is 182 g/mol. The average Bonchev–Trinajstić information content (AvgIpc) is 2.58. The van der Waals surface area contributed by atoms with Gasteiger partial charge >= 0.3 is 0 Å². The Morgan fingerprint density at radius 3 is 3.17 bits per heavy atom. The summed E-state index contributed by atoms with van der Waals surface area (Å²) in [6.07, 6.45) is 0.790. The Kier molecular flexibility index (Phi) is 1.82. The molecule has 2 N–H and O–H groups in total. The molecule has 64 valence electrons. The zero-order chi connectivity index (χ0) is 8.55. The quantitative estimate of drug-likeness (QED) is 0.740. The summed E-state index contributed by atoms with van der Waals surface area (Å²) < 4.78 is 2.05. The molecule has 0 aliphatic carbocycles. The molecule has 0 spiro atoms.